The quantitative estimate of drug-likeness (QED) is 0.733. The fourth-order valence-corrected chi connectivity index (χ4v) is 2.42. The molecule has 6 heteroatoms. The Bertz CT molecular complexity index is 741. The Morgan fingerprint density at radius 3 is 2.86 bits per heavy atom. The molecule has 6 nitrogen and oxygen atoms in total. The highest BCUT2D eigenvalue weighted by atomic mass is 15.3. The van der Waals surface area contributed by atoms with Crippen LogP contribution in [0.4, 0.5) is 5.95 Å². The minimum atomic E-state index is 0.591. The molecule has 22 heavy (non-hydrogen) atoms. The molecule has 0 aliphatic heterocycles. The molecule has 0 atom stereocenters. The number of nitrogens with one attached hydrogen (secondary N) is 2. The summed E-state index contributed by atoms with van der Waals surface area (Å²) in [6.45, 7) is 1.41. The number of anilines is 1. The van der Waals surface area contributed by atoms with E-state index in [-0.39, 0.29) is 0 Å². The van der Waals surface area contributed by atoms with Gasteiger partial charge in [0.05, 0.1) is 18.8 Å². The Balaban J connectivity index is 1.35. The molecule has 1 fully saturated rings. The van der Waals surface area contributed by atoms with Gasteiger partial charge in [-0.2, -0.15) is 10.1 Å². The fourth-order valence-electron chi connectivity index (χ4n) is 2.42. The van der Waals surface area contributed by atoms with Crippen molar-refractivity contribution in [3.05, 3.63) is 59.7 Å². The Hall–Kier alpha value is -2.63. The number of benzene rings is 1. The van der Waals surface area contributed by atoms with Crippen LogP contribution in [0.3, 0.4) is 0 Å². The summed E-state index contributed by atoms with van der Waals surface area (Å²) in [5, 5.41) is 15.0. The maximum Gasteiger partial charge on any atom is 0.242 e. The number of nitrogens with zero attached hydrogens (tertiary/aromatic N) is 4. The van der Waals surface area contributed by atoms with Crippen LogP contribution in [0.2, 0.25) is 0 Å². The second-order valence-electron chi connectivity index (χ2n) is 5.66. The SMILES string of the molecule is c1ccc(Cn2ccc(CNc3n[nH]c(C4CC4)n3)n2)cc1. The summed E-state index contributed by atoms with van der Waals surface area (Å²) in [6, 6.07) is 12.3. The third-order valence-corrected chi connectivity index (χ3v) is 3.78. The molecule has 0 bridgehead atoms. The summed E-state index contributed by atoms with van der Waals surface area (Å²) in [7, 11) is 0. The van der Waals surface area contributed by atoms with E-state index in [1.807, 2.05) is 35.1 Å². The molecule has 2 heterocycles. The molecule has 1 aliphatic carbocycles. The van der Waals surface area contributed by atoms with Gasteiger partial charge in [-0.3, -0.25) is 9.78 Å². The van der Waals surface area contributed by atoms with Crippen LogP contribution in [0.15, 0.2) is 42.6 Å². The highest BCUT2D eigenvalue weighted by Crippen LogP contribution is 2.38. The van der Waals surface area contributed by atoms with Gasteiger partial charge in [-0.05, 0) is 24.5 Å². The van der Waals surface area contributed by atoms with Gasteiger partial charge in [0.25, 0.3) is 0 Å². The van der Waals surface area contributed by atoms with Gasteiger partial charge >= 0.3 is 0 Å². The Labute approximate surface area is 128 Å². The normalized spacial score (nSPS) is 14.2. The molecule has 1 saturated carbocycles. The highest BCUT2D eigenvalue weighted by Gasteiger charge is 2.27. The van der Waals surface area contributed by atoms with E-state index in [4.69, 9.17) is 0 Å². The van der Waals surface area contributed by atoms with Crippen LogP contribution in [0.5, 0.6) is 0 Å². The van der Waals surface area contributed by atoms with Crippen molar-refractivity contribution in [3.63, 3.8) is 0 Å². The van der Waals surface area contributed by atoms with Gasteiger partial charge in [-0.1, -0.05) is 30.3 Å². The Kier molecular flexibility index (Phi) is 3.34. The van der Waals surface area contributed by atoms with Crippen molar-refractivity contribution < 1.29 is 0 Å². The summed E-state index contributed by atoms with van der Waals surface area (Å²) in [4.78, 5) is 4.45. The van der Waals surface area contributed by atoms with Crippen molar-refractivity contribution in [2.45, 2.75) is 31.8 Å². The van der Waals surface area contributed by atoms with Gasteiger partial charge in [0.2, 0.25) is 5.95 Å². The lowest BCUT2D eigenvalue weighted by Gasteiger charge is -2.01. The predicted octanol–water partition coefficient (Wildman–Crippen LogP) is 2.54. The van der Waals surface area contributed by atoms with E-state index in [1.165, 1.54) is 18.4 Å². The first-order valence-corrected chi connectivity index (χ1v) is 7.59. The molecule has 0 radical (unpaired) electrons. The molecule has 1 aromatic carbocycles. The van der Waals surface area contributed by atoms with Gasteiger partial charge in [-0.15, -0.1) is 5.10 Å². The van der Waals surface area contributed by atoms with E-state index >= 15 is 0 Å². The molecule has 2 aromatic heterocycles. The summed E-state index contributed by atoms with van der Waals surface area (Å²) in [6.07, 6.45) is 4.44. The predicted molar refractivity (Wildman–Crippen MR) is 83.5 cm³/mol. The second kappa shape index (κ2) is 5.63. The molecule has 0 unspecified atom stereocenters. The second-order valence-corrected chi connectivity index (χ2v) is 5.66. The van der Waals surface area contributed by atoms with E-state index in [2.05, 4.69) is 37.7 Å². The van der Waals surface area contributed by atoms with Crippen molar-refractivity contribution in [3.8, 4) is 0 Å². The van der Waals surface area contributed by atoms with Crippen LogP contribution in [-0.2, 0) is 13.1 Å². The minimum absolute atomic E-state index is 0.591. The third kappa shape index (κ3) is 3.00. The lowest BCUT2D eigenvalue weighted by Crippen LogP contribution is -2.05. The highest BCUT2D eigenvalue weighted by molar-refractivity contribution is 5.26. The molecule has 2 N–H and O–H groups in total. The van der Waals surface area contributed by atoms with Gasteiger partial charge < -0.3 is 5.32 Å². The number of hydrogen-bond acceptors (Lipinski definition) is 4. The third-order valence-electron chi connectivity index (χ3n) is 3.78. The van der Waals surface area contributed by atoms with E-state index in [1.54, 1.807) is 0 Å². The van der Waals surface area contributed by atoms with Crippen molar-refractivity contribution in [2.75, 3.05) is 5.32 Å². The summed E-state index contributed by atoms with van der Waals surface area (Å²) < 4.78 is 1.94. The molecular formula is C16H18N6. The minimum Gasteiger partial charge on any atom is -0.347 e. The molecule has 112 valence electrons. The fraction of sp³-hybridized carbons (Fsp3) is 0.312. The largest absolute Gasteiger partial charge is 0.347 e. The molecule has 0 amide bonds. The van der Waals surface area contributed by atoms with Crippen molar-refractivity contribution in [2.24, 2.45) is 0 Å². The summed E-state index contributed by atoms with van der Waals surface area (Å²) in [5.41, 5.74) is 2.22. The van der Waals surface area contributed by atoms with Gasteiger partial charge in [0.15, 0.2) is 0 Å². The number of aromatic nitrogens is 5. The molecule has 4 rings (SSSR count). The molecular weight excluding hydrogens is 276 g/mol. The maximum atomic E-state index is 4.56. The molecule has 0 spiro atoms. The topological polar surface area (TPSA) is 71.4 Å². The van der Waals surface area contributed by atoms with E-state index in [0.29, 0.717) is 18.4 Å². The van der Waals surface area contributed by atoms with Crippen LogP contribution < -0.4 is 5.32 Å². The van der Waals surface area contributed by atoms with Crippen LogP contribution >= 0.6 is 0 Å². The Morgan fingerprint density at radius 1 is 1.18 bits per heavy atom. The number of hydrogen-bond donors (Lipinski definition) is 2. The Morgan fingerprint density at radius 2 is 2.05 bits per heavy atom. The first-order valence-electron chi connectivity index (χ1n) is 7.59. The lowest BCUT2D eigenvalue weighted by molar-refractivity contribution is 0.674. The zero-order chi connectivity index (χ0) is 14.8. The molecule has 0 saturated heterocycles. The van der Waals surface area contributed by atoms with Crippen LogP contribution in [-0.4, -0.2) is 25.0 Å². The first kappa shape index (κ1) is 13.1. The lowest BCUT2D eigenvalue weighted by atomic mass is 10.2. The standard InChI is InChI=1S/C16H18N6/c1-2-4-12(5-3-1)11-22-9-8-14(21-22)10-17-16-18-15(19-20-16)13-6-7-13/h1-5,8-9,13H,6-7,10-11H2,(H2,17,18,19,20). The van der Waals surface area contributed by atoms with Crippen LogP contribution in [0, 0.1) is 0 Å². The van der Waals surface area contributed by atoms with E-state index in [9.17, 15) is 0 Å². The average molecular weight is 294 g/mol. The van der Waals surface area contributed by atoms with Gasteiger partial charge in [-0.25, -0.2) is 0 Å². The van der Waals surface area contributed by atoms with Gasteiger partial charge in [0.1, 0.15) is 5.82 Å². The monoisotopic (exact) mass is 294 g/mol. The van der Waals surface area contributed by atoms with Crippen molar-refractivity contribution in [1.82, 2.24) is 25.0 Å². The number of H-pyrrole nitrogens is 1. The zero-order valence-electron chi connectivity index (χ0n) is 12.2. The van der Waals surface area contributed by atoms with Crippen molar-refractivity contribution in [1.29, 1.82) is 0 Å². The number of rotatable bonds is 6. The van der Waals surface area contributed by atoms with Crippen LogP contribution in [0.1, 0.15) is 35.8 Å². The van der Waals surface area contributed by atoms with E-state index < -0.39 is 0 Å². The van der Waals surface area contributed by atoms with Crippen molar-refractivity contribution >= 4 is 5.95 Å². The van der Waals surface area contributed by atoms with E-state index in [0.717, 1.165) is 18.1 Å². The molecule has 3 aromatic rings. The molecule has 1 aliphatic rings. The smallest absolute Gasteiger partial charge is 0.242 e. The zero-order valence-corrected chi connectivity index (χ0v) is 12.2. The average Bonchev–Trinajstić information content (AvgIpc) is 3.12. The van der Waals surface area contributed by atoms with Crippen LogP contribution in [0.25, 0.3) is 0 Å². The first-order chi connectivity index (χ1) is 10.9. The summed E-state index contributed by atoms with van der Waals surface area (Å²) >= 11 is 0. The maximum absolute atomic E-state index is 4.56. The van der Waals surface area contributed by atoms with Gasteiger partial charge in [0, 0.05) is 12.1 Å². The summed E-state index contributed by atoms with van der Waals surface area (Å²) in [5.74, 6) is 2.24. The number of aromatic amines is 1.